The summed E-state index contributed by atoms with van der Waals surface area (Å²) in [5, 5.41) is 0. The highest BCUT2D eigenvalue weighted by atomic mass is 32.2. The Kier molecular flexibility index (Phi) is 2.50. The molecule has 0 radical (unpaired) electrons. The van der Waals surface area contributed by atoms with Crippen molar-refractivity contribution in [2.45, 2.75) is 17.5 Å². The molecule has 1 N–H and O–H groups in total. The average molecular weight is 264 g/mol. The number of thioether (sulfide) groups is 1. The molecule has 2 bridgehead atoms. The quantitative estimate of drug-likeness (QED) is 0.785. The van der Waals surface area contributed by atoms with Gasteiger partial charge in [0.15, 0.2) is 0 Å². The SMILES string of the molecule is O=c1[nH]c(C2CN3CCN2CC3)nc2c1CSC2. The number of hydrogen-bond donors (Lipinski definition) is 1. The van der Waals surface area contributed by atoms with Crippen LogP contribution in [0, 0.1) is 0 Å². The van der Waals surface area contributed by atoms with Gasteiger partial charge in [-0.05, 0) is 0 Å². The maximum absolute atomic E-state index is 12.0. The molecule has 3 fully saturated rings. The number of rotatable bonds is 1. The minimum atomic E-state index is 0.0812. The van der Waals surface area contributed by atoms with Crippen molar-refractivity contribution in [3.63, 3.8) is 0 Å². The zero-order valence-electron chi connectivity index (χ0n) is 10.2. The molecule has 0 saturated carbocycles. The first-order valence-electron chi connectivity index (χ1n) is 6.47. The molecule has 0 aromatic carbocycles. The summed E-state index contributed by atoms with van der Waals surface area (Å²) in [7, 11) is 0. The molecule has 1 atom stereocenters. The standard InChI is InChI=1S/C12H16N4OS/c17-12-8-6-18-7-9(8)13-11(14-12)10-5-15-1-3-16(10)4-2-15/h10H,1-7H2,(H,13,14,17). The molecule has 0 aliphatic carbocycles. The minimum Gasteiger partial charge on any atom is -0.309 e. The van der Waals surface area contributed by atoms with Crippen LogP contribution in [0.5, 0.6) is 0 Å². The van der Waals surface area contributed by atoms with Crippen LogP contribution >= 0.6 is 11.8 Å². The fraction of sp³-hybridized carbons (Fsp3) is 0.667. The van der Waals surface area contributed by atoms with Crippen LogP contribution in [0.15, 0.2) is 4.79 Å². The van der Waals surface area contributed by atoms with Crippen molar-refractivity contribution in [2.75, 3.05) is 32.7 Å². The van der Waals surface area contributed by atoms with E-state index in [0.29, 0.717) is 0 Å². The van der Waals surface area contributed by atoms with Crippen LogP contribution in [0.25, 0.3) is 0 Å². The van der Waals surface area contributed by atoms with Crippen LogP contribution in [-0.4, -0.2) is 52.5 Å². The molecule has 18 heavy (non-hydrogen) atoms. The molecule has 0 amide bonds. The molecule has 4 aliphatic heterocycles. The van der Waals surface area contributed by atoms with Gasteiger partial charge in [0.25, 0.3) is 5.56 Å². The molecule has 6 heteroatoms. The van der Waals surface area contributed by atoms with Gasteiger partial charge >= 0.3 is 0 Å². The van der Waals surface area contributed by atoms with E-state index in [1.54, 1.807) is 11.8 Å². The molecular formula is C12H16N4OS. The maximum atomic E-state index is 12.0. The number of nitrogens with zero attached hydrogens (tertiary/aromatic N) is 3. The summed E-state index contributed by atoms with van der Waals surface area (Å²) in [5.74, 6) is 2.59. The Bertz CT molecular complexity index is 535. The fourth-order valence-electron chi connectivity index (χ4n) is 3.12. The van der Waals surface area contributed by atoms with Crippen molar-refractivity contribution in [1.29, 1.82) is 0 Å². The average Bonchev–Trinajstić information content (AvgIpc) is 2.89. The van der Waals surface area contributed by atoms with E-state index < -0.39 is 0 Å². The molecule has 96 valence electrons. The highest BCUT2D eigenvalue weighted by molar-refractivity contribution is 7.98. The summed E-state index contributed by atoms with van der Waals surface area (Å²) in [6.45, 7) is 5.51. The lowest BCUT2D eigenvalue weighted by Crippen LogP contribution is -2.57. The van der Waals surface area contributed by atoms with E-state index in [-0.39, 0.29) is 11.6 Å². The second-order valence-corrected chi connectivity index (χ2v) is 6.21. The number of aromatic nitrogens is 2. The minimum absolute atomic E-state index is 0.0812. The molecule has 1 unspecified atom stereocenters. The van der Waals surface area contributed by atoms with Crippen molar-refractivity contribution in [2.24, 2.45) is 0 Å². The van der Waals surface area contributed by atoms with E-state index in [9.17, 15) is 4.79 Å². The fourth-order valence-corrected chi connectivity index (χ4v) is 4.15. The molecule has 0 spiro atoms. The van der Waals surface area contributed by atoms with Gasteiger partial charge in [0, 0.05) is 49.8 Å². The lowest BCUT2D eigenvalue weighted by Gasteiger charge is -2.46. The molecule has 1 aromatic rings. The predicted octanol–water partition coefficient (Wildman–Crippen LogP) is 0.189. The van der Waals surface area contributed by atoms with Crippen molar-refractivity contribution in [1.82, 2.24) is 19.8 Å². The number of fused-ring (bicyclic) bond motifs is 4. The zero-order valence-corrected chi connectivity index (χ0v) is 11.0. The van der Waals surface area contributed by atoms with Crippen LogP contribution in [0.3, 0.4) is 0 Å². The van der Waals surface area contributed by atoms with Gasteiger partial charge in [0.2, 0.25) is 0 Å². The van der Waals surface area contributed by atoms with E-state index in [0.717, 1.165) is 61.3 Å². The van der Waals surface area contributed by atoms with E-state index in [1.807, 2.05) is 0 Å². The van der Waals surface area contributed by atoms with E-state index in [2.05, 4.69) is 14.8 Å². The topological polar surface area (TPSA) is 52.2 Å². The Labute approximate surface area is 110 Å². The number of nitrogens with one attached hydrogen (secondary N) is 1. The van der Waals surface area contributed by atoms with E-state index in [1.165, 1.54) is 0 Å². The summed E-state index contributed by atoms with van der Waals surface area (Å²) in [6, 6.07) is 0.288. The van der Waals surface area contributed by atoms with Gasteiger partial charge in [-0.3, -0.25) is 14.6 Å². The normalized spacial score (nSPS) is 33.7. The van der Waals surface area contributed by atoms with Crippen LogP contribution in [-0.2, 0) is 11.5 Å². The van der Waals surface area contributed by atoms with E-state index >= 15 is 0 Å². The number of H-pyrrole nitrogens is 1. The third-order valence-corrected chi connectivity index (χ3v) is 5.17. The van der Waals surface area contributed by atoms with Crippen molar-refractivity contribution in [3.05, 3.63) is 27.4 Å². The van der Waals surface area contributed by atoms with E-state index in [4.69, 9.17) is 4.98 Å². The second kappa shape index (κ2) is 4.08. The third-order valence-electron chi connectivity index (χ3n) is 4.20. The molecule has 4 aliphatic rings. The van der Waals surface area contributed by atoms with Crippen molar-refractivity contribution >= 4 is 11.8 Å². The number of hydrogen-bond acceptors (Lipinski definition) is 5. The van der Waals surface area contributed by atoms with Gasteiger partial charge < -0.3 is 4.98 Å². The highest BCUT2D eigenvalue weighted by Crippen LogP contribution is 2.29. The first-order valence-corrected chi connectivity index (χ1v) is 7.63. The number of piperazine rings is 3. The Morgan fingerprint density at radius 2 is 2.06 bits per heavy atom. The van der Waals surface area contributed by atoms with Gasteiger partial charge in [-0.1, -0.05) is 0 Å². The Hall–Kier alpha value is -0.850. The van der Waals surface area contributed by atoms with Gasteiger partial charge in [-0.2, -0.15) is 11.8 Å². The lowest BCUT2D eigenvalue weighted by atomic mass is 10.1. The smallest absolute Gasteiger partial charge is 0.255 e. The predicted molar refractivity (Wildman–Crippen MR) is 70.6 cm³/mol. The Balaban J connectivity index is 1.73. The first-order chi connectivity index (χ1) is 8.81. The molecule has 3 saturated heterocycles. The Morgan fingerprint density at radius 3 is 2.78 bits per heavy atom. The third kappa shape index (κ3) is 1.63. The molecule has 5 heterocycles. The molecule has 1 aromatic heterocycles. The zero-order chi connectivity index (χ0) is 12.1. The maximum Gasteiger partial charge on any atom is 0.255 e. The summed E-state index contributed by atoms with van der Waals surface area (Å²) >= 11 is 1.78. The van der Waals surface area contributed by atoms with Crippen LogP contribution in [0.4, 0.5) is 0 Å². The molecule has 5 nitrogen and oxygen atoms in total. The Morgan fingerprint density at radius 1 is 1.22 bits per heavy atom. The van der Waals surface area contributed by atoms with Gasteiger partial charge in [-0.15, -0.1) is 0 Å². The summed E-state index contributed by atoms with van der Waals surface area (Å²) < 4.78 is 0. The summed E-state index contributed by atoms with van der Waals surface area (Å²) in [5.41, 5.74) is 1.98. The lowest BCUT2D eigenvalue weighted by molar-refractivity contribution is 0.00847. The van der Waals surface area contributed by atoms with Crippen LogP contribution in [0.1, 0.15) is 23.1 Å². The van der Waals surface area contributed by atoms with Gasteiger partial charge in [0.1, 0.15) is 5.82 Å². The van der Waals surface area contributed by atoms with Crippen molar-refractivity contribution < 1.29 is 0 Å². The van der Waals surface area contributed by atoms with Gasteiger partial charge in [-0.25, -0.2) is 4.98 Å². The van der Waals surface area contributed by atoms with Crippen LogP contribution < -0.4 is 5.56 Å². The largest absolute Gasteiger partial charge is 0.309 e. The number of aromatic amines is 1. The first kappa shape index (κ1) is 11.0. The monoisotopic (exact) mass is 264 g/mol. The van der Waals surface area contributed by atoms with Gasteiger partial charge in [0.05, 0.1) is 11.7 Å². The summed E-state index contributed by atoms with van der Waals surface area (Å²) in [4.78, 5) is 24.7. The molecular weight excluding hydrogens is 248 g/mol. The molecule has 5 rings (SSSR count). The van der Waals surface area contributed by atoms with Crippen LogP contribution in [0.2, 0.25) is 0 Å². The summed E-state index contributed by atoms with van der Waals surface area (Å²) in [6.07, 6.45) is 0. The van der Waals surface area contributed by atoms with Crippen molar-refractivity contribution in [3.8, 4) is 0 Å². The second-order valence-electron chi connectivity index (χ2n) is 5.22. The highest BCUT2D eigenvalue weighted by Gasteiger charge is 2.35.